The van der Waals surface area contributed by atoms with E-state index < -0.39 is 19.0 Å². The van der Waals surface area contributed by atoms with Crippen LogP contribution in [0.5, 0.6) is 5.75 Å². The Morgan fingerprint density at radius 2 is 2.21 bits per heavy atom. The zero-order valence-corrected chi connectivity index (χ0v) is 15.5. The van der Waals surface area contributed by atoms with E-state index in [1.165, 1.54) is 6.20 Å². The number of hydrogen-bond donors (Lipinski definition) is 0. The SMILES string of the molecule is CCOC(=O)C1=C=CC=Cc2nn(Cc3cc(C)c(OCC(F)F)cn3)cc21. The predicted octanol–water partition coefficient (Wildman–Crippen LogP) is 3.41. The van der Waals surface area contributed by atoms with Crippen LogP contribution >= 0.6 is 0 Å². The van der Waals surface area contributed by atoms with Crippen LogP contribution in [0.4, 0.5) is 8.78 Å². The maximum absolute atomic E-state index is 12.3. The van der Waals surface area contributed by atoms with Crippen LogP contribution < -0.4 is 4.74 Å². The number of alkyl halides is 2. The summed E-state index contributed by atoms with van der Waals surface area (Å²) in [6.45, 7) is 3.45. The molecule has 1 aliphatic carbocycles. The third-order valence-corrected chi connectivity index (χ3v) is 3.93. The molecule has 0 N–H and O–H groups in total. The van der Waals surface area contributed by atoms with E-state index in [2.05, 4.69) is 15.8 Å². The number of aryl methyl sites for hydroxylation is 1. The molecule has 28 heavy (non-hydrogen) atoms. The molecule has 2 aromatic heterocycles. The molecule has 0 aliphatic heterocycles. The van der Waals surface area contributed by atoms with E-state index in [1.54, 1.807) is 49.0 Å². The monoisotopic (exact) mass is 387 g/mol. The summed E-state index contributed by atoms with van der Waals surface area (Å²) in [6, 6.07) is 1.76. The van der Waals surface area contributed by atoms with Crippen molar-refractivity contribution in [3.63, 3.8) is 0 Å². The number of ether oxygens (including phenoxy) is 2. The second-order valence-corrected chi connectivity index (χ2v) is 6.03. The van der Waals surface area contributed by atoms with Crippen LogP contribution in [-0.4, -0.2) is 40.4 Å². The Balaban J connectivity index is 1.81. The van der Waals surface area contributed by atoms with Gasteiger partial charge in [0.25, 0.3) is 6.43 Å². The summed E-state index contributed by atoms with van der Waals surface area (Å²) >= 11 is 0. The lowest BCUT2D eigenvalue weighted by Crippen LogP contribution is -2.09. The molecule has 8 heteroatoms. The van der Waals surface area contributed by atoms with Crippen molar-refractivity contribution < 1.29 is 23.0 Å². The minimum atomic E-state index is -2.54. The summed E-state index contributed by atoms with van der Waals surface area (Å²) in [5.74, 6) is -0.140. The molecule has 2 aromatic rings. The molecular weight excluding hydrogens is 368 g/mol. The molecule has 0 unspecified atom stereocenters. The molecule has 1 aliphatic rings. The van der Waals surface area contributed by atoms with Crippen molar-refractivity contribution in [3.05, 3.63) is 58.9 Å². The van der Waals surface area contributed by atoms with Crippen LogP contribution in [0, 0.1) is 6.92 Å². The predicted molar refractivity (Wildman–Crippen MR) is 99.0 cm³/mol. The normalized spacial score (nSPS) is 12.5. The van der Waals surface area contributed by atoms with Gasteiger partial charge in [-0.1, -0.05) is 6.08 Å². The van der Waals surface area contributed by atoms with Crippen molar-refractivity contribution in [1.82, 2.24) is 14.8 Å². The van der Waals surface area contributed by atoms with Gasteiger partial charge < -0.3 is 9.47 Å². The van der Waals surface area contributed by atoms with Gasteiger partial charge in [-0.15, -0.1) is 5.73 Å². The lowest BCUT2D eigenvalue weighted by atomic mass is 10.1. The number of carbonyl (C=O) groups excluding carboxylic acids is 1. The van der Waals surface area contributed by atoms with Gasteiger partial charge in [-0.25, -0.2) is 13.6 Å². The van der Waals surface area contributed by atoms with Crippen LogP contribution in [0.3, 0.4) is 0 Å². The van der Waals surface area contributed by atoms with E-state index in [4.69, 9.17) is 9.47 Å². The van der Waals surface area contributed by atoms with Crippen LogP contribution in [0.2, 0.25) is 0 Å². The molecule has 6 nitrogen and oxygen atoms in total. The Bertz CT molecular complexity index is 973. The molecule has 146 valence electrons. The minimum Gasteiger partial charge on any atom is -0.486 e. The lowest BCUT2D eigenvalue weighted by molar-refractivity contribution is -0.136. The first-order valence-electron chi connectivity index (χ1n) is 8.72. The Labute approximate surface area is 160 Å². The number of esters is 1. The number of carbonyl (C=O) groups is 1. The standard InChI is InChI=1S/C20H19F2N3O3/c1-3-27-20(26)15-6-4-5-7-17-16(15)11-25(24-17)10-14-8-13(2)18(9-23-14)28-12-19(21)22/h4-5,7-9,11,19H,3,10,12H2,1-2H3. The maximum Gasteiger partial charge on any atom is 0.346 e. The fourth-order valence-corrected chi connectivity index (χ4v) is 2.71. The summed E-state index contributed by atoms with van der Waals surface area (Å²) in [4.78, 5) is 16.4. The molecular formula is C20H19F2N3O3. The minimum absolute atomic E-state index is 0.268. The first-order valence-corrected chi connectivity index (χ1v) is 8.72. The molecule has 0 amide bonds. The highest BCUT2D eigenvalue weighted by atomic mass is 19.3. The van der Waals surface area contributed by atoms with Crippen LogP contribution in [0.1, 0.15) is 29.4 Å². The van der Waals surface area contributed by atoms with Gasteiger partial charge in [-0.05, 0) is 37.6 Å². The van der Waals surface area contributed by atoms with Crippen LogP contribution in [0.25, 0.3) is 11.6 Å². The van der Waals surface area contributed by atoms with Gasteiger partial charge in [-0.3, -0.25) is 9.67 Å². The quantitative estimate of drug-likeness (QED) is 0.538. The van der Waals surface area contributed by atoms with E-state index >= 15 is 0 Å². The first kappa shape index (κ1) is 19.5. The van der Waals surface area contributed by atoms with Gasteiger partial charge in [0.2, 0.25) is 0 Å². The highest BCUT2D eigenvalue weighted by Gasteiger charge is 2.20. The van der Waals surface area contributed by atoms with Gasteiger partial charge in [-0.2, -0.15) is 5.10 Å². The van der Waals surface area contributed by atoms with Crippen molar-refractivity contribution in [2.45, 2.75) is 26.8 Å². The fraction of sp³-hybridized carbons (Fsp3) is 0.300. The van der Waals surface area contributed by atoms with Gasteiger partial charge in [0, 0.05) is 11.8 Å². The van der Waals surface area contributed by atoms with Gasteiger partial charge >= 0.3 is 5.97 Å². The van der Waals surface area contributed by atoms with Crippen LogP contribution in [-0.2, 0) is 16.1 Å². The molecule has 0 saturated heterocycles. The topological polar surface area (TPSA) is 66.2 Å². The fourth-order valence-electron chi connectivity index (χ4n) is 2.71. The molecule has 0 spiro atoms. The number of rotatable bonds is 7. The smallest absolute Gasteiger partial charge is 0.346 e. The average molecular weight is 387 g/mol. The Morgan fingerprint density at radius 3 is 2.93 bits per heavy atom. The van der Waals surface area contributed by atoms with E-state index in [0.29, 0.717) is 40.4 Å². The number of nitrogens with zero attached hydrogens (tertiary/aromatic N) is 3. The molecule has 0 atom stereocenters. The molecule has 2 heterocycles. The molecule has 3 rings (SSSR count). The van der Waals surface area contributed by atoms with Crippen LogP contribution in [0.15, 0.2) is 36.3 Å². The summed E-state index contributed by atoms with van der Waals surface area (Å²) < 4.78 is 36.4. The third-order valence-electron chi connectivity index (χ3n) is 3.93. The van der Waals surface area contributed by atoms with Crippen molar-refractivity contribution in [2.75, 3.05) is 13.2 Å². The summed E-state index contributed by atoms with van der Waals surface area (Å²) in [5, 5.41) is 4.48. The number of hydrogen-bond acceptors (Lipinski definition) is 5. The second kappa shape index (κ2) is 8.63. The summed E-state index contributed by atoms with van der Waals surface area (Å²) in [6.07, 6.45) is 5.79. The molecule has 0 fully saturated rings. The van der Waals surface area contributed by atoms with Gasteiger partial charge in [0.1, 0.15) is 17.9 Å². The van der Waals surface area contributed by atoms with Crippen molar-refractivity contribution in [1.29, 1.82) is 0 Å². The lowest BCUT2D eigenvalue weighted by Gasteiger charge is -2.09. The number of fused-ring (bicyclic) bond motifs is 1. The molecule has 0 bridgehead atoms. The first-order chi connectivity index (χ1) is 13.5. The maximum atomic E-state index is 12.3. The Kier molecular flexibility index (Phi) is 6.01. The van der Waals surface area contributed by atoms with E-state index in [0.717, 1.165) is 0 Å². The second-order valence-electron chi connectivity index (χ2n) is 6.03. The zero-order valence-electron chi connectivity index (χ0n) is 15.5. The number of aromatic nitrogens is 3. The van der Waals surface area contributed by atoms with Gasteiger partial charge in [0.05, 0.1) is 30.7 Å². The average Bonchev–Trinajstić information content (AvgIpc) is 2.92. The largest absolute Gasteiger partial charge is 0.486 e. The number of pyridine rings is 1. The highest BCUT2D eigenvalue weighted by molar-refractivity contribution is 6.17. The summed E-state index contributed by atoms with van der Waals surface area (Å²) in [5.41, 5.74) is 5.87. The van der Waals surface area contributed by atoms with Crippen molar-refractivity contribution in [3.8, 4) is 5.75 Å². The number of allylic oxidation sites excluding steroid dienone is 1. The van der Waals surface area contributed by atoms with Crippen molar-refractivity contribution in [2.24, 2.45) is 0 Å². The third kappa shape index (κ3) is 4.53. The summed E-state index contributed by atoms with van der Waals surface area (Å²) in [7, 11) is 0. The highest BCUT2D eigenvalue weighted by Crippen LogP contribution is 2.23. The van der Waals surface area contributed by atoms with E-state index in [-0.39, 0.29) is 6.61 Å². The van der Waals surface area contributed by atoms with E-state index in [9.17, 15) is 13.6 Å². The Hall–Kier alpha value is -3.25. The number of halogens is 2. The zero-order chi connectivity index (χ0) is 20.1. The van der Waals surface area contributed by atoms with E-state index in [1.807, 2.05) is 0 Å². The molecule has 0 saturated carbocycles. The Morgan fingerprint density at radius 1 is 1.39 bits per heavy atom. The molecule has 0 radical (unpaired) electrons. The van der Waals surface area contributed by atoms with Crippen molar-refractivity contribution >= 4 is 17.6 Å². The molecule has 0 aromatic carbocycles. The van der Waals surface area contributed by atoms with Gasteiger partial charge in [0.15, 0.2) is 0 Å².